The number of halogens is 1. The fourth-order valence-electron chi connectivity index (χ4n) is 2.51. The molecule has 20 heavy (non-hydrogen) atoms. The first-order valence-electron chi connectivity index (χ1n) is 7.08. The fraction of sp³-hybridized carbons (Fsp3) is 0.533. The lowest BCUT2D eigenvalue weighted by Gasteiger charge is -2.22. The van der Waals surface area contributed by atoms with E-state index in [0.29, 0.717) is 11.8 Å². The van der Waals surface area contributed by atoms with E-state index in [1.165, 1.54) is 12.8 Å². The Morgan fingerprint density at radius 1 is 1.45 bits per heavy atom. The van der Waals surface area contributed by atoms with Crippen molar-refractivity contribution in [1.82, 2.24) is 10.2 Å². The molecule has 1 N–H and O–H groups in total. The van der Waals surface area contributed by atoms with Gasteiger partial charge in [0, 0.05) is 17.1 Å². The van der Waals surface area contributed by atoms with Gasteiger partial charge in [-0.15, -0.1) is 0 Å². The SMILES string of the molecule is CCN1CCCC1CNC(=O)COc1ccc(Br)cc1. The average Bonchev–Trinajstić information content (AvgIpc) is 2.92. The molecule has 1 saturated heterocycles. The molecule has 5 heteroatoms. The molecule has 1 fully saturated rings. The number of likely N-dealkylation sites (N-methyl/N-ethyl adjacent to an activating group) is 1. The van der Waals surface area contributed by atoms with Crippen LogP contribution in [0.3, 0.4) is 0 Å². The van der Waals surface area contributed by atoms with Crippen molar-refractivity contribution >= 4 is 21.8 Å². The van der Waals surface area contributed by atoms with Gasteiger partial charge in [0.1, 0.15) is 5.75 Å². The van der Waals surface area contributed by atoms with Crippen LogP contribution in [0.25, 0.3) is 0 Å². The molecule has 1 heterocycles. The van der Waals surface area contributed by atoms with Crippen LogP contribution in [-0.2, 0) is 4.79 Å². The van der Waals surface area contributed by atoms with Crippen LogP contribution in [0.15, 0.2) is 28.7 Å². The van der Waals surface area contributed by atoms with Gasteiger partial charge < -0.3 is 10.1 Å². The number of hydrogen-bond acceptors (Lipinski definition) is 3. The largest absolute Gasteiger partial charge is 0.484 e. The normalized spacial score (nSPS) is 19.0. The molecule has 0 spiro atoms. The lowest BCUT2D eigenvalue weighted by atomic mass is 10.2. The van der Waals surface area contributed by atoms with Gasteiger partial charge >= 0.3 is 0 Å². The molecule has 0 aromatic heterocycles. The fourth-order valence-corrected chi connectivity index (χ4v) is 2.77. The van der Waals surface area contributed by atoms with Gasteiger partial charge in [0.25, 0.3) is 5.91 Å². The van der Waals surface area contributed by atoms with E-state index in [0.717, 1.165) is 24.1 Å². The Balaban J connectivity index is 1.69. The Morgan fingerprint density at radius 2 is 2.20 bits per heavy atom. The number of hydrogen-bond donors (Lipinski definition) is 1. The van der Waals surface area contributed by atoms with E-state index in [9.17, 15) is 4.79 Å². The van der Waals surface area contributed by atoms with Crippen molar-refractivity contribution in [2.24, 2.45) is 0 Å². The first-order chi connectivity index (χ1) is 9.69. The summed E-state index contributed by atoms with van der Waals surface area (Å²) in [5, 5.41) is 2.96. The van der Waals surface area contributed by atoms with Gasteiger partial charge in [0.2, 0.25) is 0 Å². The molecule has 1 aromatic rings. The van der Waals surface area contributed by atoms with Crippen molar-refractivity contribution in [2.75, 3.05) is 26.2 Å². The summed E-state index contributed by atoms with van der Waals surface area (Å²) in [6.07, 6.45) is 2.39. The highest BCUT2D eigenvalue weighted by atomic mass is 79.9. The Bertz CT molecular complexity index is 436. The maximum atomic E-state index is 11.8. The van der Waals surface area contributed by atoms with Crippen LogP contribution >= 0.6 is 15.9 Å². The highest BCUT2D eigenvalue weighted by Gasteiger charge is 2.23. The molecule has 4 nitrogen and oxygen atoms in total. The number of amides is 1. The number of ether oxygens (including phenoxy) is 1. The topological polar surface area (TPSA) is 41.6 Å². The van der Waals surface area contributed by atoms with Gasteiger partial charge in [-0.3, -0.25) is 9.69 Å². The van der Waals surface area contributed by atoms with Crippen LogP contribution in [-0.4, -0.2) is 43.1 Å². The molecule has 2 rings (SSSR count). The second-order valence-corrected chi connectivity index (χ2v) is 5.89. The smallest absolute Gasteiger partial charge is 0.257 e. The summed E-state index contributed by atoms with van der Waals surface area (Å²) in [7, 11) is 0. The minimum Gasteiger partial charge on any atom is -0.484 e. The number of carbonyl (C=O) groups is 1. The molecule has 0 saturated carbocycles. The summed E-state index contributed by atoms with van der Waals surface area (Å²) < 4.78 is 6.44. The minimum absolute atomic E-state index is 0.0594. The van der Waals surface area contributed by atoms with Crippen molar-refractivity contribution in [3.63, 3.8) is 0 Å². The zero-order chi connectivity index (χ0) is 14.4. The maximum absolute atomic E-state index is 11.8. The molecular formula is C15H21BrN2O2. The van der Waals surface area contributed by atoms with Crippen molar-refractivity contribution < 1.29 is 9.53 Å². The third kappa shape index (κ3) is 4.49. The summed E-state index contributed by atoms with van der Waals surface area (Å²) in [4.78, 5) is 14.2. The zero-order valence-corrected chi connectivity index (χ0v) is 13.4. The van der Waals surface area contributed by atoms with E-state index in [4.69, 9.17) is 4.74 Å². The van der Waals surface area contributed by atoms with E-state index >= 15 is 0 Å². The van der Waals surface area contributed by atoms with Crippen LogP contribution < -0.4 is 10.1 Å². The van der Waals surface area contributed by atoms with Gasteiger partial charge in [0.15, 0.2) is 6.61 Å². The molecule has 1 aromatic carbocycles. The molecular weight excluding hydrogens is 320 g/mol. The van der Waals surface area contributed by atoms with Crippen molar-refractivity contribution in [2.45, 2.75) is 25.8 Å². The lowest BCUT2D eigenvalue weighted by Crippen LogP contribution is -2.41. The van der Waals surface area contributed by atoms with Gasteiger partial charge in [-0.1, -0.05) is 22.9 Å². The van der Waals surface area contributed by atoms with Crippen molar-refractivity contribution in [3.8, 4) is 5.75 Å². The number of benzene rings is 1. The lowest BCUT2D eigenvalue weighted by molar-refractivity contribution is -0.123. The molecule has 1 amide bonds. The highest BCUT2D eigenvalue weighted by Crippen LogP contribution is 2.16. The molecule has 0 radical (unpaired) electrons. The molecule has 1 aliphatic heterocycles. The van der Waals surface area contributed by atoms with E-state index < -0.39 is 0 Å². The van der Waals surface area contributed by atoms with Crippen LogP contribution in [0.4, 0.5) is 0 Å². The molecule has 1 aliphatic rings. The highest BCUT2D eigenvalue weighted by molar-refractivity contribution is 9.10. The number of carbonyl (C=O) groups excluding carboxylic acids is 1. The van der Waals surface area contributed by atoms with Gasteiger partial charge in [-0.25, -0.2) is 0 Å². The summed E-state index contributed by atoms with van der Waals surface area (Å²) in [6, 6.07) is 7.95. The van der Waals surface area contributed by atoms with Crippen LogP contribution in [0.1, 0.15) is 19.8 Å². The predicted molar refractivity (Wildman–Crippen MR) is 82.9 cm³/mol. The molecule has 0 aliphatic carbocycles. The van der Waals surface area contributed by atoms with E-state index in [1.54, 1.807) is 0 Å². The first kappa shape index (κ1) is 15.3. The van der Waals surface area contributed by atoms with E-state index in [2.05, 4.69) is 33.1 Å². The Labute approximate surface area is 128 Å². The second kappa shape index (κ2) is 7.64. The van der Waals surface area contributed by atoms with Crippen LogP contribution in [0, 0.1) is 0 Å². The first-order valence-corrected chi connectivity index (χ1v) is 7.87. The van der Waals surface area contributed by atoms with E-state index in [1.807, 2.05) is 24.3 Å². The minimum atomic E-state index is -0.0594. The van der Waals surface area contributed by atoms with Gasteiger partial charge in [-0.2, -0.15) is 0 Å². The van der Waals surface area contributed by atoms with Gasteiger partial charge in [-0.05, 0) is 50.2 Å². The molecule has 1 unspecified atom stereocenters. The van der Waals surface area contributed by atoms with Crippen LogP contribution in [0.5, 0.6) is 5.75 Å². The summed E-state index contributed by atoms with van der Waals surface area (Å²) in [5.74, 6) is 0.648. The number of rotatable bonds is 6. The molecule has 0 bridgehead atoms. The molecule has 110 valence electrons. The Hall–Kier alpha value is -1.07. The zero-order valence-electron chi connectivity index (χ0n) is 11.8. The number of likely N-dealkylation sites (tertiary alicyclic amines) is 1. The Morgan fingerprint density at radius 3 is 2.90 bits per heavy atom. The summed E-state index contributed by atoms with van der Waals surface area (Å²) in [6.45, 7) is 5.15. The van der Waals surface area contributed by atoms with E-state index in [-0.39, 0.29) is 12.5 Å². The number of nitrogens with zero attached hydrogens (tertiary/aromatic N) is 1. The summed E-state index contributed by atoms with van der Waals surface area (Å²) >= 11 is 3.36. The standard InChI is InChI=1S/C15H21BrN2O2/c1-2-18-9-3-4-13(18)10-17-15(19)11-20-14-7-5-12(16)6-8-14/h5-8,13H,2-4,9-11H2,1H3,(H,17,19). The predicted octanol–water partition coefficient (Wildman–Crippen LogP) is 2.43. The maximum Gasteiger partial charge on any atom is 0.257 e. The quantitative estimate of drug-likeness (QED) is 0.864. The van der Waals surface area contributed by atoms with Crippen molar-refractivity contribution in [3.05, 3.63) is 28.7 Å². The Kier molecular flexibility index (Phi) is 5.86. The average molecular weight is 341 g/mol. The number of nitrogens with one attached hydrogen (secondary N) is 1. The monoisotopic (exact) mass is 340 g/mol. The van der Waals surface area contributed by atoms with Gasteiger partial charge in [0.05, 0.1) is 0 Å². The van der Waals surface area contributed by atoms with Crippen LogP contribution in [0.2, 0.25) is 0 Å². The third-order valence-corrected chi connectivity index (χ3v) is 4.15. The third-order valence-electron chi connectivity index (χ3n) is 3.62. The molecule has 1 atom stereocenters. The van der Waals surface area contributed by atoms with Crippen molar-refractivity contribution in [1.29, 1.82) is 0 Å². The summed E-state index contributed by atoms with van der Waals surface area (Å²) in [5.41, 5.74) is 0. The second-order valence-electron chi connectivity index (χ2n) is 4.97.